The van der Waals surface area contributed by atoms with Crippen molar-refractivity contribution in [2.45, 2.75) is 13.0 Å². The fraction of sp³-hybridized carbons (Fsp3) is 0.250. The molecule has 5 nitrogen and oxygen atoms in total. The molecule has 110 valence electrons. The van der Waals surface area contributed by atoms with E-state index in [1.165, 1.54) is 14.2 Å². The predicted octanol–water partition coefficient (Wildman–Crippen LogP) is 2.59. The van der Waals surface area contributed by atoms with Crippen LogP contribution in [-0.4, -0.2) is 25.1 Å². The van der Waals surface area contributed by atoms with Gasteiger partial charge in [-0.25, -0.2) is 0 Å². The van der Waals surface area contributed by atoms with Gasteiger partial charge in [0.2, 0.25) is 0 Å². The Balaban J connectivity index is 2.25. The number of benzene rings is 1. The van der Waals surface area contributed by atoms with E-state index in [1.54, 1.807) is 24.4 Å². The maximum absolute atomic E-state index is 12.5. The van der Waals surface area contributed by atoms with Crippen LogP contribution in [0.2, 0.25) is 0 Å². The van der Waals surface area contributed by atoms with Crippen LogP contribution >= 0.6 is 0 Å². The highest BCUT2D eigenvalue weighted by Crippen LogP contribution is 2.28. The van der Waals surface area contributed by atoms with E-state index in [0.717, 1.165) is 5.69 Å². The maximum Gasteiger partial charge on any atom is 0.259 e. The van der Waals surface area contributed by atoms with Crippen molar-refractivity contribution in [3.05, 3.63) is 53.9 Å². The molecule has 5 heteroatoms. The minimum atomic E-state index is -0.262. The smallest absolute Gasteiger partial charge is 0.259 e. The number of hydrogen-bond acceptors (Lipinski definition) is 4. The Kier molecular flexibility index (Phi) is 4.77. The Morgan fingerprint density at radius 1 is 1.10 bits per heavy atom. The van der Waals surface area contributed by atoms with E-state index in [0.29, 0.717) is 17.1 Å². The highest BCUT2D eigenvalue weighted by Gasteiger charge is 2.20. The fourth-order valence-electron chi connectivity index (χ4n) is 2.05. The third-order valence-electron chi connectivity index (χ3n) is 3.13. The lowest BCUT2D eigenvalue weighted by Gasteiger charge is -2.16. The molecule has 1 aromatic carbocycles. The molecule has 1 heterocycles. The number of carbonyl (C=O) groups excluding carboxylic acids is 1. The summed E-state index contributed by atoms with van der Waals surface area (Å²) in [5.41, 5.74) is 1.17. The van der Waals surface area contributed by atoms with Gasteiger partial charge in [-0.15, -0.1) is 0 Å². The Bertz CT molecular complexity index is 592. The summed E-state index contributed by atoms with van der Waals surface area (Å²) in [4.78, 5) is 16.7. The van der Waals surface area contributed by atoms with Crippen molar-refractivity contribution in [2.24, 2.45) is 0 Å². The molecule has 1 N–H and O–H groups in total. The molecule has 0 aliphatic carbocycles. The van der Waals surface area contributed by atoms with E-state index in [1.807, 2.05) is 25.1 Å². The van der Waals surface area contributed by atoms with E-state index in [4.69, 9.17) is 9.47 Å². The highest BCUT2D eigenvalue weighted by molar-refractivity contribution is 5.99. The van der Waals surface area contributed by atoms with Crippen LogP contribution in [0.4, 0.5) is 0 Å². The van der Waals surface area contributed by atoms with Crippen LogP contribution in [-0.2, 0) is 0 Å². The molecular formula is C16H18N2O3. The van der Waals surface area contributed by atoms with Crippen molar-refractivity contribution < 1.29 is 14.3 Å². The molecule has 0 saturated carbocycles. The lowest BCUT2D eigenvalue weighted by molar-refractivity contribution is 0.0933. The molecular weight excluding hydrogens is 268 g/mol. The Morgan fingerprint density at radius 2 is 1.76 bits per heavy atom. The average molecular weight is 286 g/mol. The summed E-state index contributed by atoms with van der Waals surface area (Å²) in [5, 5.41) is 2.90. The van der Waals surface area contributed by atoms with Gasteiger partial charge in [0.25, 0.3) is 5.91 Å². The highest BCUT2D eigenvalue weighted by atomic mass is 16.5. The average Bonchev–Trinajstić information content (AvgIpc) is 2.54. The minimum absolute atomic E-state index is 0.215. The number of carbonyl (C=O) groups is 1. The molecule has 21 heavy (non-hydrogen) atoms. The lowest BCUT2D eigenvalue weighted by Crippen LogP contribution is -2.28. The first-order valence-electron chi connectivity index (χ1n) is 6.60. The SMILES string of the molecule is COc1cccc(OC)c1C(=O)NC(C)c1ccccn1. The molecule has 0 spiro atoms. The Labute approximate surface area is 123 Å². The summed E-state index contributed by atoms with van der Waals surface area (Å²) < 4.78 is 10.5. The topological polar surface area (TPSA) is 60.5 Å². The van der Waals surface area contributed by atoms with Crippen molar-refractivity contribution in [3.63, 3.8) is 0 Å². The van der Waals surface area contributed by atoms with Crippen LogP contribution in [0, 0.1) is 0 Å². The number of rotatable bonds is 5. The minimum Gasteiger partial charge on any atom is -0.496 e. The molecule has 2 rings (SSSR count). The van der Waals surface area contributed by atoms with Gasteiger partial charge in [0, 0.05) is 6.20 Å². The first-order chi connectivity index (χ1) is 10.2. The molecule has 1 aromatic heterocycles. The molecule has 0 fully saturated rings. The molecule has 1 amide bonds. The number of nitrogens with zero attached hydrogens (tertiary/aromatic N) is 1. The number of pyridine rings is 1. The molecule has 1 unspecified atom stereocenters. The number of methoxy groups -OCH3 is 2. The second kappa shape index (κ2) is 6.74. The van der Waals surface area contributed by atoms with E-state index in [-0.39, 0.29) is 11.9 Å². The number of amides is 1. The zero-order valence-corrected chi connectivity index (χ0v) is 12.3. The van der Waals surface area contributed by atoms with E-state index < -0.39 is 0 Å². The number of hydrogen-bond donors (Lipinski definition) is 1. The van der Waals surface area contributed by atoms with Crippen LogP contribution < -0.4 is 14.8 Å². The third kappa shape index (κ3) is 3.31. The van der Waals surface area contributed by atoms with Gasteiger partial charge >= 0.3 is 0 Å². The maximum atomic E-state index is 12.5. The largest absolute Gasteiger partial charge is 0.496 e. The lowest BCUT2D eigenvalue weighted by atomic mass is 10.1. The molecule has 1 atom stereocenters. The second-order valence-corrected chi connectivity index (χ2v) is 4.49. The summed E-state index contributed by atoms with van der Waals surface area (Å²) in [7, 11) is 3.04. The van der Waals surface area contributed by atoms with Crippen LogP contribution in [0.1, 0.15) is 29.0 Å². The summed E-state index contributed by atoms with van der Waals surface area (Å²) in [6.07, 6.45) is 1.70. The van der Waals surface area contributed by atoms with Crippen LogP contribution in [0.3, 0.4) is 0 Å². The fourth-order valence-corrected chi connectivity index (χ4v) is 2.05. The first kappa shape index (κ1) is 14.8. The Hall–Kier alpha value is -2.56. The zero-order chi connectivity index (χ0) is 15.2. The standard InChI is InChI=1S/C16H18N2O3/c1-11(12-7-4-5-10-17-12)18-16(19)15-13(20-2)8-6-9-14(15)21-3/h4-11H,1-3H3,(H,18,19). The predicted molar refractivity (Wildman–Crippen MR) is 79.7 cm³/mol. The van der Waals surface area contributed by atoms with Gasteiger partial charge in [-0.05, 0) is 31.2 Å². The van der Waals surface area contributed by atoms with Gasteiger partial charge in [0.1, 0.15) is 17.1 Å². The summed E-state index contributed by atoms with van der Waals surface area (Å²) in [6, 6.07) is 10.6. The monoisotopic (exact) mass is 286 g/mol. The van der Waals surface area contributed by atoms with Crippen molar-refractivity contribution in [3.8, 4) is 11.5 Å². The number of ether oxygens (including phenoxy) is 2. The van der Waals surface area contributed by atoms with Gasteiger partial charge in [-0.1, -0.05) is 12.1 Å². The van der Waals surface area contributed by atoms with Crippen LogP contribution in [0.25, 0.3) is 0 Å². The normalized spacial score (nSPS) is 11.6. The van der Waals surface area contributed by atoms with Crippen molar-refractivity contribution in [1.82, 2.24) is 10.3 Å². The van der Waals surface area contributed by atoms with Gasteiger partial charge in [0.15, 0.2) is 0 Å². The van der Waals surface area contributed by atoms with Gasteiger partial charge in [-0.3, -0.25) is 9.78 Å². The zero-order valence-electron chi connectivity index (χ0n) is 12.3. The molecule has 0 aliphatic heterocycles. The van der Waals surface area contributed by atoms with Gasteiger partial charge in [0.05, 0.1) is 26.0 Å². The van der Waals surface area contributed by atoms with Crippen molar-refractivity contribution in [1.29, 1.82) is 0 Å². The Morgan fingerprint density at radius 3 is 2.29 bits per heavy atom. The van der Waals surface area contributed by atoms with Gasteiger partial charge in [-0.2, -0.15) is 0 Å². The molecule has 0 bridgehead atoms. The van der Waals surface area contributed by atoms with Crippen molar-refractivity contribution >= 4 is 5.91 Å². The first-order valence-corrected chi connectivity index (χ1v) is 6.60. The number of aromatic nitrogens is 1. The number of nitrogens with one attached hydrogen (secondary N) is 1. The summed E-state index contributed by atoms with van der Waals surface area (Å²) >= 11 is 0. The van der Waals surface area contributed by atoms with Crippen LogP contribution in [0.5, 0.6) is 11.5 Å². The van der Waals surface area contributed by atoms with E-state index >= 15 is 0 Å². The van der Waals surface area contributed by atoms with Crippen LogP contribution in [0.15, 0.2) is 42.6 Å². The molecule has 0 aliphatic rings. The molecule has 0 radical (unpaired) electrons. The summed E-state index contributed by atoms with van der Waals surface area (Å²) in [6.45, 7) is 1.88. The summed E-state index contributed by atoms with van der Waals surface area (Å²) in [5.74, 6) is 0.683. The molecule has 2 aromatic rings. The molecule has 0 saturated heterocycles. The second-order valence-electron chi connectivity index (χ2n) is 4.49. The van der Waals surface area contributed by atoms with E-state index in [2.05, 4.69) is 10.3 Å². The van der Waals surface area contributed by atoms with E-state index in [9.17, 15) is 4.79 Å². The van der Waals surface area contributed by atoms with Crippen molar-refractivity contribution in [2.75, 3.05) is 14.2 Å². The quantitative estimate of drug-likeness (QED) is 0.917. The van der Waals surface area contributed by atoms with Gasteiger partial charge < -0.3 is 14.8 Å². The third-order valence-corrected chi connectivity index (χ3v) is 3.13.